The molecule has 8 heteroatoms. The summed E-state index contributed by atoms with van der Waals surface area (Å²) in [7, 11) is 0. The number of ether oxygens (including phenoxy) is 1. The number of amides is 3. The van der Waals surface area contributed by atoms with Gasteiger partial charge >= 0.3 is 0 Å². The van der Waals surface area contributed by atoms with Crippen molar-refractivity contribution in [1.82, 2.24) is 4.90 Å². The van der Waals surface area contributed by atoms with Gasteiger partial charge in [0.25, 0.3) is 5.91 Å². The van der Waals surface area contributed by atoms with Crippen LogP contribution in [0.5, 0.6) is 0 Å². The van der Waals surface area contributed by atoms with Crippen LogP contribution in [0.15, 0.2) is 103 Å². The lowest BCUT2D eigenvalue weighted by Gasteiger charge is -2.39. The molecule has 8 nitrogen and oxygen atoms in total. The number of fused-ring (bicyclic) bond motifs is 2. The first-order chi connectivity index (χ1) is 21.9. The van der Waals surface area contributed by atoms with Crippen LogP contribution in [0.1, 0.15) is 16.7 Å². The van der Waals surface area contributed by atoms with E-state index < -0.39 is 35.6 Å². The number of likely N-dealkylation sites (tertiary alicyclic amines) is 1. The van der Waals surface area contributed by atoms with E-state index in [1.807, 2.05) is 117 Å². The predicted molar refractivity (Wildman–Crippen MR) is 172 cm³/mol. The fraction of sp³-hybridized carbons (Fsp3) is 0.324. The first kappa shape index (κ1) is 29.2. The highest BCUT2D eigenvalue weighted by molar-refractivity contribution is 6.08. The molecule has 3 aromatic carbocycles. The molecule has 4 aliphatic rings. The summed E-state index contributed by atoms with van der Waals surface area (Å²) in [5.41, 5.74) is 2.95. The quantitative estimate of drug-likeness (QED) is 0.431. The molecule has 3 amide bonds. The van der Waals surface area contributed by atoms with Crippen LogP contribution in [0.2, 0.25) is 0 Å². The molecule has 230 valence electrons. The molecule has 0 saturated carbocycles. The summed E-state index contributed by atoms with van der Waals surface area (Å²) in [4.78, 5) is 49.2. The van der Waals surface area contributed by atoms with E-state index in [0.29, 0.717) is 19.5 Å². The van der Waals surface area contributed by atoms with E-state index in [2.05, 4.69) is 0 Å². The second kappa shape index (κ2) is 11.4. The molecule has 7 rings (SSSR count). The maximum atomic E-state index is 15.0. The number of aryl methyl sites for hydroxylation is 2. The SMILES string of the molecule is Cc1cccc(C)c1N1CC=C[C@]23O[C@@H]4C=CCN(c5ccccc5)C(=O)[C@@H]4[C@H]2C(=O)N([C@@H](CO)Cc2ccccc2)C3C1=O. The van der Waals surface area contributed by atoms with Gasteiger partial charge in [-0.25, -0.2) is 0 Å². The summed E-state index contributed by atoms with van der Waals surface area (Å²) >= 11 is 0. The second-order valence-corrected chi connectivity index (χ2v) is 12.4. The molecule has 3 aromatic rings. The number of nitrogens with zero attached hydrogens (tertiary/aromatic N) is 3. The van der Waals surface area contributed by atoms with Crippen LogP contribution in [0.25, 0.3) is 0 Å². The highest BCUT2D eigenvalue weighted by Crippen LogP contribution is 2.54. The maximum Gasteiger partial charge on any atom is 0.253 e. The van der Waals surface area contributed by atoms with Crippen LogP contribution in [0.3, 0.4) is 0 Å². The van der Waals surface area contributed by atoms with Gasteiger partial charge in [-0.15, -0.1) is 0 Å². The highest BCUT2D eigenvalue weighted by atomic mass is 16.5. The molecular formula is C37H37N3O5. The van der Waals surface area contributed by atoms with E-state index in [1.165, 1.54) is 0 Å². The first-order valence-corrected chi connectivity index (χ1v) is 15.6. The average Bonchev–Trinajstić information content (AvgIpc) is 3.37. The number of benzene rings is 3. The van der Waals surface area contributed by atoms with Gasteiger partial charge < -0.3 is 24.5 Å². The first-order valence-electron chi connectivity index (χ1n) is 15.6. The molecule has 2 saturated heterocycles. The minimum absolute atomic E-state index is 0.215. The molecule has 0 bridgehead atoms. The van der Waals surface area contributed by atoms with Gasteiger partial charge in [0.2, 0.25) is 11.8 Å². The molecule has 1 spiro atoms. The molecular weight excluding hydrogens is 566 g/mol. The Balaban J connectivity index is 1.36. The third-order valence-corrected chi connectivity index (χ3v) is 9.79. The van der Waals surface area contributed by atoms with Crippen molar-refractivity contribution in [3.8, 4) is 0 Å². The van der Waals surface area contributed by atoms with Crippen LogP contribution >= 0.6 is 0 Å². The number of aliphatic hydroxyl groups excluding tert-OH is 1. The molecule has 4 heterocycles. The fourth-order valence-electron chi connectivity index (χ4n) is 7.88. The van der Waals surface area contributed by atoms with Gasteiger partial charge in [0.05, 0.1) is 30.6 Å². The van der Waals surface area contributed by atoms with Crippen molar-refractivity contribution in [2.24, 2.45) is 11.8 Å². The smallest absolute Gasteiger partial charge is 0.253 e. The van der Waals surface area contributed by atoms with E-state index in [-0.39, 0.29) is 24.3 Å². The zero-order valence-corrected chi connectivity index (χ0v) is 25.5. The zero-order valence-electron chi connectivity index (χ0n) is 25.5. The Kier molecular flexibility index (Phi) is 7.42. The van der Waals surface area contributed by atoms with Crippen molar-refractivity contribution in [3.05, 3.63) is 120 Å². The maximum absolute atomic E-state index is 15.0. The number of hydrogen-bond donors (Lipinski definition) is 1. The summed E-state index contributed by atoms with van der Waals surface area (Å²) in [5, 5.41) is 10.8. The molecule has 0 aromatic heterocycles. The van der Waals surface area contributed by atoms with Crippen LogP contribution in [-0.4, -0.2) is 71.2 Å². The van der Waals surface area contributed by atoms with Gasteiger partial charge in [-0.05, 0) is 49.1 Å². The number of para-hydroxylation sites is 2. The Labute approximate surface area is 263 Å². The number of anilines is 2. The molecule has 2 fully saturated rings. The largest absolute Gasteiger partial charge is 0.394 e. The Bertz CT molecular complexity index is 1670. The molecule has 1 N–H and O–H groups in total. The number of carbonyl (C=O) groups excluding carboxylic acids is 3. The van der Waals surface area contributed by atoms with Crippen LogP contribution in [0.4, 0.5) is 11.4 Å². The Morgan fingerprint density at radius 1 is 0.822 bits per heavy atom. The lowest BCUT2D eigenvalue weighted by atomic mass is 9.77. The van der Waals surface area contributed by atoms with Gasteiger partial charge in [0.1, 0.15) is 11.6 Å². The van der Waals surface area contributed by atoms with E-state index in [9.17, 15) is 19.5 Å². The zero-order chi connectivity index (χ0) is 31.3. The highest BCUT2D eigenvalue weighted by Gasteiger charge is 2.72. The predicted octanol–water partition coefficient (Wildman–Crippen LogP) is 3.99. The number of aliphatic hydroxyl groups is 1. The number of carbonyl (C=O) groups is 3. The Morgan fingerprint density at radius 3 is 2.18 bits per heavy atom. The van der Waals surface area contributed by atoms with Gasteiger partial charge in [0, 0.05) is 24.5 Å². The third kappa shape index (κ3) is 4.62. The van der Waals surface area contributed by atoms with Crippen molar-refractivity contribution < 1.29 is 24.2 Å². The Morgan fingerprint density at radius 2 is 1.49 bits per heavy atom. The summed E-state index contributed by atoms with van der Waals surface area (Å²) in [6.07, 6.45) is 7.18. The summed E-state index contributed by atoms with van der Waals surface area (Å²) in [5.74, 6) is -2.64. The van der Waals surface area contributed by atoms with Crippen molar-refractivity contribution in [2.75, 3.05) is 29.5 Å². The standard InChI is InChI=1S/C37H37N3O5/c1-24-12-9-13-25(2)32(24)39-21-11-19-37-31(30-29(45-37)18-10-20-38(34(30)42)27-16-7-4-8-17-27)35(43)40(33(37)36(39)44)28(23-41)22-26-14-5-3-6-15-26/h3-19,28-31,33,41H,20-23H2,1-2H3/t28-,29-,30+,31+,33?,37+/m1/s1. The molecule has 6 atom stereocenters. The van der Waals surface area contributed by atoms with Crippen LogP contribution < -0.4 is 9.80 Å². The van der Waals surface area contributed by atoms with Crippen molar-refractivity contribution in [1.29, 1.82) is 0 Å². The lowest BCUT2D eigenvalue weighted by Crippen LogP contribution is -2.58. The van der Waals surface area contributed by atoms with E-state index in [0.717, 1.165) is 28.1 Å². The van der Waals surface area contributed by atoms with Gasteiger partial charge in [0.15, 0.2) is 0 Å². The third-order valence-electron chi connectivity index (χ3n) is 9.79. The normalized spacial score (nSPS) is 28.1. The van der Waals surface area contributed by atoms with E-state index in [4.69, 9.17) is 4.74 Å². The van der Waals surface area contributed by atoms with Crippen LogP contribution in [0, 0.1) is 25.7 Å². The fourth-order valence-corrected chi connectivity index (χ4v) is 7.88. The second-order valence-electron chi connectivity index (χ2n) is 12.4. The minimum Gasteiger partial charge on any atom is -0.394 e. The van der Waals surface area contributed by atoms with Crippen LogP contribution in [-0.2, 0) is 25.5 Å². The van der Waals surface area contributed by atoms with Gasteiger partial charge in [-0.3, -0.25) is 14.4 Å². The number of hydrogen-bond acceptors (Lipinski definition) is 5. The van der Waals surface area contributed by atoms with Crippen molar-refractivity contribution >= 4 is 29.1 Å². The molecule has 0 aliphatic carbocycles. The minimum atomic E-state index is -1.39. The summed E-state index contributed by atoms with van der Waals surface area (Å²) in [6.45, 7) is 4.23. The monoisotopic (exact) mass is 603 g/mol. The van der Waals surface area contributed by atoms with Crippen molar-refractivity contribution in [3.63, 3.8) is 0 Å². The van der Waals surface area contributed by atoms with Crippen molar-refractivity contribution in [2.45, 2.75) is 44.1 Å². The summed E-state index contributed by atoms with van der Waals surface area (Å²) in [6, 6.07) is 23.2. The summed E-state index contributed by atoms with van der Waals surface area (Å²) < 4.78 is 6.84. The van der Waals surface area contributed by atoms with Gasteiger partial charge in [-0.2, -0.15) is 0 Å². The molecule has 4 aliphatic heterocycles. The molecule has 45 heavy (non-hydrogen) atoms. The average molecular weight is 604 g/mol. The lowest BCUT2D eigenvalue weighted by molar-refractivity contribution is -0.144. The van der Waals surface area contributed by atoms with E-state index >= 15 is 0 Å². The number of rotatable bonds is 6. The molecule has 0 radical (unpaired) electrons. The molecule has 1 unspecified atom stereocenters. The topological polar surface area (TPSA) is 90.4 Å². The Hall–Kier alpha value is -4.53. The van der Waals surface area contributed by atoms with Gasteiger partial charge in [-0.1, -0.05) is 91.0 Å². The van der Waals surface area contributed by atoms with E-state index in [1.54, 1.807) is 14.7 Å².